The van der Waals surface area contributed by atoms with Crippen LogP contribution < -0.4 is 0 Å². The first-order valence-corrected chi connectivity index (χ1v) is 4.34. The molecule has 0 aromatic heterocycles. The SMILES string of the molecule is COC(C)CCO.COCCOC. The highest BCUT2D eigenvalue weighted by Gasteiger charge is 1.93. The second kappa shape index (κ2) is 14.4. The molecule has 4 heteroatoms. The fraction of sp³-hybridized carbons (Fsp3) is 1.00. The summed E-state index contributed by atoms with van der Waals surface area (Å²) in [6, 6.07) is 0. The van der Waals surface area contributed by atoms with Gasteiger partial charge in [0.1, 0.15) is 0 Å². The molecule has 0 fully saturated rings. The van der Waals surface area contributed by atoms with Crippen molar-refractivity contribution in [2.24, 2.45) is 0 Å². The average molecular weight is 194 g/mol. The molecular weight excluding hydrogens is 172 g/mol. The first-order valence-electron chi connectivity index (χ1n) is 4.34. The lowest BCUT2D eigenvalue weighted by Crippen LogP contribution is -2.05. The van der Waals surface area contributed by atoms with E-state index >= 15 is 0 Å². The van der Waals surface area contributed by atoms with Crippen molar-refractivity contribution < 1.29 is 19.3 Å². The standard InChI is InChI=1S/C5H12O2.C4H10O2/c1-5(7-2)3-4-6;1-5-3-4-6-2/h5-6H,3-4H2,1-2H3;3-4H2,1-2H3. The van der Waals surface area contributed by atoms with Gasteiger partial charge < -0.3 is 19.3 Å². The van der Waals surface area contributed by atoms with Gasteiger partial charge in [0, 0.05) is 27.9 Å². The number of methoxy groups -OCH3 is 3. The highest BCUT2D eigenvalue weighted by atomic mass is 16.5. The van der Waals surface area contributed by atoms with Crippen molar-refractivity contribution in [3.63, 3.8) is 0 Å². The molecule has 1 atom stereocenters. The van der Waals surface area contributed by atoms with E-state index in [9.17, 15) is 0 Å². The summed E-state index contributed by atoms with van der Waals surface area (Å²) >= 11 is 0. The summed E-state index contributed by atoms with van der Waals surface area (Å²) in [7, 11) is 4.94. The van der Waals surface area contributed by atoms with Crippen molar-refractivity contribution in [2.45, 2.75) is 19.4 Å². The van der Waals surface area contributed by atoms with E-state index in [-0.39, 0.29) is 12.7 Å². The largest absolute Gasteiger partial charge is 0.396 e. The van der Waals surface area contributed by atoms with E-state index in [1.807, 2.05) is 6.92 Å². The molecule has 0 aliphatic carbocycles. The first kappa shape index (κ1) is 15.3. The molecular formula is C9H22O4. The minimum atomic E-state index is 0.199. The lowest BCUT2D eigenvalue weighted by Gasteiger charge is -2.04. The van der Waals surface area contributed by atoms with Crippen LogP contribution in [-0.2, 0) is 14.2 Å². The van der Waals surface area contributed by atoms with Crippen molar-refractivity contribution in [2.75, 3.05) is 41.2 Å². The van der Waals surface area contributed by atoms with Crippen LogP contribution in [0.25, 0.3) is 0 Å². The van der Waals surface area contributed by atoms with Crippen LogP contribution >= 0.6 is 0 Å². The Hall–Kier alpha value is -0.160. The van der Waals surface area contributed by atoms with Crippen LogP contribution in [0.2, 0.25) is 0 Å². The summed E-state index contributed by atoms with van der Waals surface area (Å²) in [5.41, 5.74) is 0. The maximum absolute atomic E-state index is 8.29. The molecule has 0 saturated carbocycles. The summed E-state index contributed by atoms with van der Waals surface area (Å²) < 4.78 is 14.1. The van der Waals surface area contributed by atoms with Gasteiger partial charge in [0.05, 0.1) is 19.3 Å². The lowest BCUT2D eigenvalue weighted by molar-refractivity contribution is 0.0917. The normalized spacial score (nSPS) is 11.8. The zero-order chi connectivity index (χ0) is 10.5. The number of rotatable bonds is 6. The molecule has 0 saturated heterocycles. The Morgan fingerprint density at radius 1 is 1.08 bits per heavy atom. The average Bonchev–Trinajstić information content (AvgIpc) is 2.16. The second-order valence-electron chi connectivity index (χ2n) is 2.54. The Labute approximate surface area is 80.8 Å². The van der Waals surface area contributed by atoms with E-state index < -0.39 is 0 Å². The molecule has 1 N–H and O–H groups in total. The summed E-state index contributed by atoms with van der Waals surface area (Å²) in [5, 5.41) is 8.29. The lowest BCUT2D eigenvalue weighted by atomic mass is 10.3. The zero-order valence-electron chi connectivity index (χ0n) is 9.08. The van der Waals surface area contributed by atoms with Gasteiger partial charge in [-0.1, -0.05) is 0 Å². The van der Waals surface area contributed by atoms with Gasteiger partial charge in [0.25, 0.3) is 0 Å². The highest BCUT2D eigenvalue weighted by molar-refractivity contribution is 4.44. The highest BCUT2D eigenvalue weighted by Crippen LogP contribution is 1.90. The summed E-state index contributed by atoms with van der Waals surface area (Å²) in [6.45, 7) is 3.53. The van der Waals surface area contributed by atoms with Crippen LogP contribution in [0.4, 0.5) is 0 Å². The van der Waals surface area contributed by atoms with Crippen molar-refractivity contribution in [1.29, 1.82) is 0 Å². The molecule has 0 spiro atoms. The van der Waals surface area contributed by atoms with Crippen LogP contribution in [-0.4, -0.2) is 52.4 Å². The molecule has 0 aromatic carbocycles. The maximum Gasteiger partial charge on any atom is 0.0696 e. The van der Waals surface area contributed by atoms with Crippen LogP contribution in [0.5, 0.6) is 0 Å². The number of aliphatic hydroxyl groups is 1. The first-order chi connectivity index (χ1) is 6.22. The molecule has 0 aliphatic heterocycles. The Kier molecular flexibility index (Phi) is 16.9. The fourth-order valence-corrected chi connectivity index (χ4v) is 0.466. The minimum absolute atomic E-state index is 0.199. The molecule has 13 heavy (non-hydrogen) atoms. The van der Waals surface area contributed by atoms with E-state index in [1.54, 1.807) is 21.3 Å². The predicted molar refractivity (Wildman–Crippen MR) is 51.9 cm³/mol. The Bertz CT molecular complexity index is 74.0. The Morgan fingerprint density at radius 2 is 1.54 bits per heavy atom. The molecule has 0 aliphatic rings. The van der Waals surface area contributed by atoms with Gasteiger partial charge >= 0.3 is 0 Å². The number of hydrogen-bond acceptors (Lipinski definition) is 4. The summed E-state index contributed by atoms with van der Waals surface area (Å²) in [6.07, 6.45) is 0.932. The van der Waals surface area contributed by atoms with Gasteiger partial charge in [0.2, 0.25) is 0 Å². The number of hydrogen-bond donors (Lipinski definition) is 1. The molecule has 1 unspecified atom stereocenters. The van der Waals surface area contributed by atoms with Crippen molar-refractivity contribution >= 4 is 0 Å². The van der Waals surface area contributed by atoms with Gasteiger partial charge in [-0.25, -0.2) is 0 Å². The van der Waals surface area contributed by atoms with Gasteiger partial charge in [-0.05, 0) is 13.3 Å². The van der Waals surface area contributed by atoms with Crippen LogP contribution in [0, 0.1) is 0 Å². The third-order valence-corrected chi connectivity index (χ3v) is 1.43. The van der Waals surface area contributed by atoms with Crippen molar-refractivity contribution in [1.82, 2.24) is 0 Å². The fourth-order valence-electron chi connectivity index (χ4n) is 0.466. The predicted octanol–water partition coefficient (Wildman–Crippen LogP) is 0.683. The summed E-state index contributed by atoms with van der Waals surface area (Å²) in [4.78, 5) is 0. The van der Waals surface area contributed by atoms with Crippen LogP contribution in [0.1, 0.15) is 13.3 Å². The van der Waals surface area contributed by atoms with Gasteiger partial charge in [-0.15, -0.1) is 0 Å². The third kappa shape index (κ3) is 18.7. The molecule has 82 valence electrons. The Morgan fingerprint density at radius 3 is 1.69 bits per heavy atom. The smallest absolute Gasteiger partial charge is 0.0696 e. The number of ether oxygens (including phenoxy) is 3. The third-order valence-electron chi connectivity index (χ3n) is 1.43. The number of aliphatic hydroxyl groups excluding tert-OH is 1. The topological polar surface area (TPSA) is 47.9 Å². The molecule has 0 amide bonds. The second-order valence-corrected chi connectivity index (χ2v) is 2.54. The molecule has 0 aromatic rings. The maximum atomic E-state index is 8.29. The monoisotopic (exact) mass is 194 g/mol. The quantitative estimate of drug-likeness (QED) is 0.632. The van der Waals surface area contributed by atoms with Crippen molar-refractivity contribution in [3.05, 3.63) is 0 Å². The van der Waals surface area contributed by atoms with Crippen molar-refractivity contribution in [3.8, 4) is 0 Å². The summed E-state index contributed by atoms with van der Waals surface area (Å²) in [5.74, 6) is 0. The minimum Gasteiger partial charge on any atom is -0.396 e. The van der Waals surface area contributed by atoms with E-state index in [0.29, 0.717) is 13.2 Å². The molecule has 0 rings (SSSR count). The van der Waals surface area contributed by atoms with E-state index in [0.717, 1.165) is 6.42 Å². The molecule has 0 radical (unpaired) electrons. The molecule has 4 nitrogen and oxygen atoms in total. The van der Waals surface area contributed by atoms with Gasteiger partial charge in [-0.2, -0.15) is 0 Å². The van der Waals surface area contributed by atoms with E-state index in [4.69, 9.17) is 9.84 Å². The Balaban J connectivity index is 0. The van der Waals surface area contributed by atoms with Gasteiger partial charge in [-0.3, -0.25) is 0 Å². The zero-order valence-corrected chi connectivity index (χ0v) is 9.08. The molecule has 0 bridgehead atoms. The molecule has 0 heterocycles. The van der Waals surface area contributed by atoms with Crippen LogP contribution in [0.15, 0.2) is 0 Å². The van der Waals surface area contributed by atoms with E-state index in [2.05, 4.69) is 9.47 Å². The van der Waals surface area contributed by atoms with Crippen LogP contribution in [0.3, 0.4) is 0 Å². The van der Waals surface area contributed by atoms with E-state index in [1.165, 1.54) is 0 Å². The van der Waals surface area contributed by atoms with Gasteiger partial charge in [0.15, 0.2) is 0 Å².